The zero-order valence-electron chi connectivity index (χ0n) is 17.4. The highest BCUT2D eigenvalue weighted by molar-refractivity contribution is 9.10. The van der Waals surface area contributed by atoms with Crippen LogP contribution in [0.15, 0.2) is 33.6 Å². The van der Waals surface area contributed by atoms with E-state index in [0.29, 0.717) is 28.6 Å². The Balaban J connectivity index is 1.49. The van der Waals surface area contributed by atoms with Crippen LogP contribution in [0.4, 0.5) is 0 Å². The molecule has 0 radical (unpaired) electrons. The van der Waals surface area contributed by atoms with Gasteiger partial charge in [0, 0.05) is 16.3 Å². The van der Waals surface area contributed by atoms with E-state index in [1.165, 1.54) is 6.07 Å². The van der Waals surface area contributed by atoms with Crippen molar-refractivity contribution in [3.8, 4) is 0 Å². The van der Waals surface area contributed by atoms with E-state index in [0.717, 1.165) is 32.1 Å². The first-order chi connectivity index (χ1) is 13.9. The summed E-state index contributed by atoms with van der Waals surface area (Å²) in [5.41, 5.74) is 4.16. The van der Waals surface area contributed by atoms with Gasteiger partial charge in [-0.15, -0.1) is 0 Å². The average molecular weight is 497 g/mol. The summed E-state index contributed by atoms with van der Waals surface area (Å²) >= 11 is 3.27. The van der Waals surface area contributed by atoms with E-state index in [-0.39, 0.29) is 27.9 Å². The van der Waals surface area contributed by atoms with Crippen LogP contribution in [0, 0.1) is 29.1 Å². The molecule has 1 aromatic rings. The maximum atomic E-state index is 13.2. The van der Waals surface area contributed by atoms with E-state index >= 15 is 0 Å². The van der Waals surface area contributed by atoms with Gasteiger partial charge < -0.3 is 5.73 Å². The molecule has 3 N–H and O–H groups in total. The molecule has 4 aliphatic carbocycles. The summed E-state index contributed by atoms with van der Waals surface area (Å²) in [6.07, 6.45) is 4.88. The van der Waals surface area contributed by atoms with Crippen LogP contribution in [0.2, 0.25) is 0 Å². The predicted octanol–water partition coefficient (Wildman–Crippen LogP) is 3.39. The summed E-state index contributed by atoms with van der Waals surface area (Å²) in [5, 5.41) is 0. The fraction of sp³-hybridized carbons (Fsp3) is 0.636. The first-order valence-electron chi connectivity index (χ1n) is 10.6. The molecule has 1 amide bonds. The molecule has 164 valence electrons. The Bertz CT molecular complexity index is 975. The number of nitrogens with one attached hydrogen (secondary N) is 1. The molecule has 0 aromatic heterocycles. The van der Waals surface area contributed by atoms with Gasteiger partial charge in [0.25, 0.3) is 0 Å². The second-order valence-corrected chi connectivity index (χ2v) is 12.6. The van der Waals surface area contributed by atoms with Crippen molar-refractivity contribution < 1.29 is 18.0 Å². The number of hydrogen-bond donors (Lipinski definition) is 2. The summed E-state index contributed by atoms with van der Waals surface area (Å²) in [6, 6.07) is 6.56. The molecule has 0 heterocycles. The highest BCUT2D eigenvalue weighted by atomic mass is 79.9. The van der Waals surface area contributed by atoms with Crippen molar-refractivity contribution in [2.24, 2.45) is 34.8 Å². The van der Waals surface area contributed by atoms with Crippen LogP contribution in [0.1, 0.15) is 52.4 Å². The number of ketones is 1. The number of benzene rings is 1. The number of rotatable bonds is 7. The third kappa shape index (κ3) is 3.75. The number of carbonyl (C=O) groups excluding carboxylic acids is 2. The predicted molar refractivity (Wildman–Crippen MR) is 117 cm³/mol. The van der Waals surface area contributed by atoms with Crippen LogP contribution in [0.5, 0.6) is 0 Å². The molecule has 0 spiro atoms. The van der Waals surface area contributed by atoms with Crippen LogP contribution in [-0.4, -0.2) is 25.6 Å². The van der Waals surface area contributed by atoms with E-state index in [4.69, 9.17) is 5.73 Å². The topological polar surface area (TPSA) is 106 Å². The lowest BCUT2D eigenvalue weighted by molar-refractivity contribution is -0.152. The molecule has 5 rings (SSSR count). The SMILES string of the molecule is CC(C)(NS(=O)(=O)c1ccccc1Br)C(=O)CC1C2CC3CC1CC(C(N)=O)(C3)C2. The number of nitrogens with two attached hydrogens (primary N) is 1. The number of carbonyl (C=O) groups is 2. The normalized spacial score (nSPS) is 32.9. The van der Waals surface area contributed by atoms with Gasteiger partial charge in [-0.1, -0.05) is 12.1 Å². The molecule has 0 saturated heterocycles. The third-order valence-electron chi connectivity index (χ3n) is 7.63. The summed E-state index contributed by atoms with van der Waals surface area (Å²) in [4.78, 5) is 25.5. The Labute approximate surface area is 186 Å². The number of sulfonamides is 1. The lowest BCUT2D eigenvalue weighted by Crippen LogP contribution is -2.57. The molecular formula is C22H29BrN2O4S. The molecule has 2 atom stereocenters. The zero-order chi connectivity index (χ0) is 21.9. The van der Waals surface area contributed by atoms with Gasteiger partial charge in [-0.2, -0.15) is 4.72 Å². The first-order valence-corrected chi connectivity index (χ1v) is 12.8. The Morgan fingerprint density at radius 3 is 2.33 bits per heavy atom. The molecule has 4 fully saturated rings. The average Bonchev–Trinajstić information content (AvgIpc) is 2.63. The Hall–Kier alpha value is -1.25. The quantitative estimate of drug-likeness (QED) is 0.602. The minimum absolute atomic E-state index is 0.108. The minimum Gasteiger partial charge on any atom is -0.369 e. The largest absolute Gasteiger partial charge is 0.369 e. The molecule has 2 unspecified atom stereocenters. The Kier molecular flexibility index (Phi) is 5.43. The number of primary amides is 1. The van der Waals surface area contributed by atoms with Crippen molar-refractivity contribution >= 4 is 37.6 Å². The molecular weight excluding hydrogens is 468 g/mol. The summed E-state index contributed by atoms with van der Waals surface area (Å²) in [7, 11) is -3.85. The first kappa shape index (κ1) is 22.0. The lowest BCUT2D eigenvalue weighted by atomic mass is 9.45. The standard InChI is InChI=1S/C22H29BrN2O4S/c1-21(2,25-30(28,29)18-6-4-3-5-17(18)23)19(26)9-16-14-7-13-8-15(16)12-22(10-13,11-14)20(24)27/h3-6,13-16,25H,7-12H2,1-2H3,(H2,24,27). The molecule has 4 aliphatic rings. The molecule has 0 aliphatic heterocycles. The highest BCUT2D eigenvalue weighted by Crippen LogP contribution is 2.62. The Morgan fingerprint density at radius 1 is 1.17 bits per heavy atom. The van der Waals surface area contributed by atoms with Crippen molar-refractivity contribution in [1.29, 1.82) is 0 Å². The van der Waals surface area contributed by atoms with E-state index in [2.05, 4.69) is 20.7 Å². The van der Waals surface area contributed by atoms with E-state index in [9.17, 15) is 18.0 Å². The summed E-state index contributed by atoms with van der Waals surface area (Å²) < 4.78 is 28.8. The molecule has 30 heavy (non-hydrogen) atoms. The van der Waals surface area contributed by atoms with E-state index < -0.39 is 15.6 Å². The molecule has 4 saturated carbocycles. The maximum Gasteiger partial charge on any atom is 0.242 e. The summed E-state index contributed by atoms with van der Waals surface area (Å²) in [6.45, 7) is 3.26. The number of halogens is 1. The highest BCUT2D eigenvalue weighted by Gasteiger charge is 2.58. The second kappa shape index (κ2) is 7.41. The van der Waals surface area contributed by atoms with Crippen molar-refractivity contribution in [2.75, 3.05) is 0 Å². The smallest absolute Gasteiger partial charge is 0.242 e. The van der Waals surface area contributed by atoms with Crippen molar-refractivity contribution in [1.82, 2.24) is 4.72 Å². The van der Waals surface area contributed by atoms with E-state index in [1.54, 1.807) is 32.0 Å². The van der Waals surface area contributed by atoms with Gasteiger partial charge in [-0.05, 0) is 97.7 Å². The van der Waals surface area contributed by atoms with Gasteiger partial charge in [-0.25, -0.2) is 8.42 Å². The van der Waals surface area contributed by atoms with Crippen molar-refractivity contribution in [2.45, 2.75) is 62.8 Å². The second-order valence-electron chi connectivity index (χ2n) is 10.1. The Morgan fingerprint density at radius 2 is 1.77 bits per heavy atom. The summed E-state index contributed by atoms with van der Waals surface area (Å²) in [5.74, 6) is 1.08. The number of amides is 1. The molecule has 4 bridgehead atoms. The van der Waals surface area contributed by atoms with Gasteiger partial charge in [-0.3, -0.25) is 9.59 Å². The van der Waals surface area contributed by atoms with Crippen molar-refractivity contribution in [3.63, 3.8) is 0 Å². The van der Waals surface area contributed by atoms with Crippen LogP contribution >= 0.6 is 15.9 Å². The monoisotopic (exact) mass is 496 g/mol. The molecule has 8 heteroatoms. The van der Waals surface area contributed by atoms with Crippen LogP contribution < -0.4 is 10.5 Å². The van der Waals surface area contributed by atoms with Gasteiger partial charge >= 0.3 is 0 Å². The maximum absolute atomic E-state index is 13.2. The molecule has 1 aromatic carbocycles. The minimum atomic E-state index is -3.85. The van der Waals surface area contributed by atoms with Gasteiger partial charge in [0.2, 0.25) is 15.9 Å². The fourth-order valence-corrected chi connectivity index (χ4v) is 8.75. The van der Waals surface area contributed by atoms with Crippen LogP contribution in [0.25, 0.3) is 0 Å². The van der Waals surface area contributed by atoms with E-state index in [1.807, 2.05) is 0 Å². The number of Topliss-reactive ketones (excluding diaryl/α,β-unsaturated/α-hetero) is 1. The van der Waals surface area contributed by atoms with Crippen LogP contribution in [0.3, 0.4) is 0 Å². The molecule has 6 nitrogen and oxygen atoms in total. The van der Waals surface area contributed by atoms with Gasteiger partial charge in [0.15, 0.2) is 5.78 Å². The van der Waals surface area contributed by atoms with Crippen LogP contribution in [-0.2, 0) is 19.6 Å². The fourth-order valence-electron chi connectivity index (χ4n) is 6.34. The van der Waals surface area contributed by atoms with Crippen molar-refractivity contribution in [3.05, 3.63) is 28.7 Å². The van der Waals surface area contributed by atoms with Gasteiger partial charge in [0.1, 0.15) is 0 Å². The van der Waals surface area contributed by atoms with Gasteiger partial charge in [0.05, 0.1) is 10.4 Å². The third-order valence-corrected chi connectivity index (χ3v) is 10.3. The number of hydrogen-bond acceptors (Lipinski definition) is 4. The lowest BCUT2D eigenvalue weighted by Gasteiger charge is -2.59. The zero-order valence-corrected chi connectivity index (χ0v) is 19.8.